The standard InChI is InChI=1S/C19H27ClN4O/c1-13(2)24-10-4-5-14(12-24)19(25)21-9-3-6-18-22-16-8-7-15(20)11-17(16)23-18/h7-8,11,13-14H,3-6,9-10,12H2,1-2H3,(H,21,25)(H,22,23)/t14-/m0/s1. The first-order valence-electron chi connectivity index (χ1n) is 9.19. The molecule has 0 aliphatic carbocycles. The topological polar surface area (TPSA) is 61.0 Å². The van der Waals surface area contributed by atoms with Crippen molar-refractivity contribution in [3.8, 4) is 0 Å². The third-order valence-electron chi connectivity index (χ3n) is 4.94. The molecule has 1 saturated heterocycles. The molecule has 6 heteroatoms. The molecule has 1 aromatic heterocycles. The number of hydrogen-bond donors (Lipinski definition) is 2. The van der Waals surface area contributed by atoms with Gasteiger partial charge in [-0.3, -0.25) is 4.79 Å². The molecule has 3 rings (SSSR count). The number of fused-ring (bicyclic) bond motifs is 1. The molecule has 2 aromatic rings. The number of benzene rings is 1. The van der Waals surface area contributed by atoms with Crippen LogP contribution in [0.5, 0.6) is 0 Å². The number of aromatic nitrogens is 2. The summed E-state index contributed by atoms with van der Waals surface area (Å²) in [5.74, 6) is 1.27. The van der Waals surface area contributed by atoms with E-state index in [9.17, 15) is 4.79 Å². The second-order valence-corrected chi connectivity index (χ2v) is 7.60. The van der Waals surface area contributed by atoms with Crippen molar-refractivity contribution >= 4 is 28.5 Å². The quantitative estimate of drug-likeness (QED) is 0.774. The van der Waals surface area contributed by atoms with Crippen molar-refractivity contribution in [3.05, 3.63) is 29.0 Å². The summed E-state index contributed by atoms with van der Waals surface area (Å²) in [6.45, 7) is 7.07. The third kappa shape index (κ3) is 4.73. The lowest BCUT2D eigenvalue weighted by Gasteiger charge is -2.34. The molecule has 25 heavy (non-hydrogen) atoms. The molecule has 1 aromatic carbocycles. The summed E-state index contributed by atoms with van der Waals surface area (Å²) < 4.78 is 0. The van der Waals surface area contributed by atoms with Gasteiger partial charge in [-0.1, -0.05) is 11.6 Å². The van der Waals surface area contributed by atoms with Gasteiger partial charge < -0.3 is 15.2 Å². The third-order valence-corrected chi connectivity index (χ3v) is 5.17. The molecule has 0 unspecified atom stereocenters. The molecule has 1 aliphatic rings. The van der Waals surface area contributed by atoms with Crippen LogP contribution >= 0.6 is 11.6 Å². The molecule has 136 valence electrons. The fourth-order valence-electron chi connectivity index (χ4n) is 3.45. The van der Waals surface area contributed by atoms with Crippen molar-refractivity contribution in [2.45, 2.75) is 45.6 Å². The zero-order chi connectivity index (χ0) is 17.8. The minimum atomic E-state index is 0.129. The van der Waals surface area contributed by atoms with Crippen LogP contribution in [-0.4, -0.2) is 46.5 Å². The van der Waals surface area contributed by atoms with E-state index in [4.69, 9.17) is 11.6 Å². The molecule has 2 heterocycles. The smallest absolute Gasteiger partial charge is 0.224 e. The lowest BCUT2D eigenvalue weighted by Crippen LogP contribution is -2.45. The average molecular weight is 363 g/mol. The lowest BCUT2D eigenvalue weighted by molar-refractivity contribution is -0.126. The van der Waals surface area contributed by atoms with Gasteiger partial charge in [-0.2, -0.15) is 0 Å². The number of aryl methyl sites for hydroxylation is 1. The zero-order valence-electron chi connectivity index (χ0n) is 15.0. The van der Waals surface area contributed by atoms with Crippen LogP contribution in [0.1, 0.15) is 38.9 Å². The van der Waals surface area contributed by atoms with Gasteiger partial charge in [0.15, 0.2) is 0 Å². The van der Waals surface area contributed by atoms with Crippen molar-refractivity contribution in [3.63, 3.8) is 0 Å². The number of H-pyrrole nitrogens is 1. The van der Waals surface area contributed by atoms with Gasteiger partial charge in [-0.05, 0) is 57.9 Å². The fraction of sp³-hybridized carbons (Fsp3) is 0.579. The molecule has 1 amide bonds. The predicted octanol–water partition coefficient (Wildman–Crippen LogP) is 3.39. The maximum atomic E-state index is 12.4. The largest absolute Gasteiger partial charge is 0.356 e. The molecular weight excluding hydrogens is 336 g/mol. The van der Waals surface area contributed by atoms with Gasteiger partial charge in [-0.25, -0.2) is 4.98 Å². The second kappa shape index (κ2) is 8.19. The summed E-state index contributed by atoms with van der Waals surface area (Å²) in [5, 5.41) is 3.80. The number of carbonyl (C=O) groups excluding carboxylic acids is 1. The fourth-order valence-corrected chi connectivity index (χ4v) is 3.63. The van der Waals surface area contributed by atoms with E-state index in [1.54, 1.807) is 0 Å². The zero-order valence-corrected chi connectivity index (χ0v) is 15.8. The average Bonchev–Trinajstić information content (AvgIpc) is 3.00. The van der Waals surface area contributed by atoms with Crippen molar-refractivity contribution in [2.75, 3.05) is 19.6 Å². The van der Waals surface area contributed by atoms with Crippen LogP contribution in [0.25, 0.3) is 11.0 Å². The minimum Gasteiger partial charge on any atom is -0.356 e. The SMILES string of the molecule is CC(C)N1CCC[C@H](C(=O)NCCCc2nc3ccc(Cl)cc3[nH]2)C1. The Morgan fingerprint density at radius 2 is 2.32 bits per heavy atom. The van der Waals surface area contributed by atoms with Crippen molar-refractivity contribution in [2.24, 2.45) is 5.92 Å². The van der Waals surface area contributed by atoms with E-state index in [0.29, 0.717) is 17.6 Å². The number of nitrogens with one attached hydrogen (secondary N) is 2. The number of aromatic amines is 1. The number of imidazole rings is 1. The minimum absolute atomic E-state index is 0.129. The van der Waals surface area contributed by atoms with E-state index in [-0.39, 0.29) is 11.8 Å². The Morgan fingerprint density at radius 1 is 1.48 bits per heavy atom. The van der Waals surface area contributed by atoms with E-state index in [2.05, 4.69) is 34.0 Å². The molecule has 1 fully saturated rings. The molecule has 5 nitrogen and oxygen atoms in total. The van der Waals surface area contributed by atoms with Crippen LogP contribution in [0.15, 0.2) is 18.2 Å². The number of hydrogen-bond acceptors (Lipinski definition) is 3. The first-order chi connectivity index (χ1) is 12.0. The first kappa shape index (κ1) is 18.2. The number of rotatable bonds is 6. The van der Waals surface area contributed by atoms with Crippen molar-refractivity contribution < 1.29 is 4.79 Å². The Kier molecular flexibility index (Phi) is 5.97. The van der Waals surface area contributed by atoms with E-state index in [0.717, 1.165) is 55.6 Å². The van der Waals surface area contributed by atoms with Gasteiger partial charge in [0.1, 0.15) is 5.82 Å². The van der Waals surface area contributed by atoms with Crippen LogP contribution in [-0.2, 0) is 11.2 Å². The molecule has 2 N–H and O–H groups in total. The number of amides is 1. The highest BCUT2D eigenvalue weighted by molar-refractivity contribution is 6.31. The number of piperidine rings is 1. The lowest BCUT2D eigenvalue weighted by atomic mass is 9.96. The summed E-state index contributed by atoms with van der Waals surface area (Å²) in [6, 6.07) is 6.17. The molecular formula is C19H27ClN4O. The van der Waals surface area contributed by atoms with Crippen LogP contribution in [0.2, 0.25) is 5.02 Å². The molecule has 1 aliphatic heterocycles. The van der Waals surface area contributed by atoms with Crippen LogP contribution in [0.3, 0.4) is 0 Å². The Labute approximate surface area is 154 Å². The summed E-state index contributed by atoms with van der Waals surface area (Å²) in [7, 11) is 0. The first-order valence-corrected chi connectivity index (χ1v) is 9.56. The maximum absolute atomic E-state index is 12.4. The number of likely N-dealkylation sites (tertiary alicyclic amines) is 1. The van der Waals surface area contributed by atoms with Gasteiger partial charge in [-0.15, -0.1) is 0 Å². The molecule has 0 saturated carbocycles. The van der Waals surface area contributed by atoms with Gasteiger partial charge >= 0.3 is 0 Å². The Morgan fingerprint density at radius 3 is 3.12 bits per heavy atom. The van der Waals surface area contributed by atoms with E-state index >= 15 is 0 Å². The van der Waals surface area contributed by atoms with Crippen LogP contribution in [0, 0.1) is 5.92 Å². The van der Waals surface area contributed by atoms with Crippen molar-refractivity contribution in [1.29, 1.82) is 0 Å². The van der Waals surface area contributed by atoms with E-state index < -0.39 is 0 Å². The Bertz CT molecular complexity index is 727. The monoisotopic (exact) mass is 362 g/mol. The highest BCUT2D eigenvalue weighted by Crippen LogP contribution is 2.19. The van der Waals surface area contributed by atoms with Crippen LogP contribution < -0.4 is 5.32 Å². The highest BCUT2D eigenvalue weighted by atomic mass is 35.5. The predicted molar refractivity (Wildman–Crippen MR) is 102 cm³/mol. The summed E-state index contributed by atoms with van der Waals surface area (Å²) in [6.07, 6.45) is 3.80. The van der Waals surface area contributed by atoms with Crippen molar-refractivity contribution in [1.82, 2.24) is 20.2 Å². The number of nitrogens with zero attached hydrogens (tertiary/aromatic N) is 2. The summed E-state index contributed by atoms with van der Waals surface area (Å²) in [5.41, 5.74) is 1.89. The highest BCUT2D eigenvalue weighted by Gasteiger charge is 2.26. The normalized spacial score (nSPS) is 18.8. The Hall–Kier alpha value is -1.59. The maximum Gasteiger partial charge on any atom is 0.224 e. The summed E-state index contributed by atoms with van der Waals surface area (Å²) >= 11 is 5.99. The van der Waals surface area contributed by atoms with E-state index in [1.165, 1.54) is 0 Å². The van der Waals surface area contributed by atoms with Gasteiger partial charge in [0.05, 0.1) is 17.0 Å². The van der Waals surface area contributed by atoms with Gasteiger partial charge in [0.25, 0.3) is 0 Å². The Balaban J connectivity index is 1.43. The number of carbonyl (C=O) groups is 1. The van der Waals surface area contributed by atoms with Crippen LogP contribution in [0.4, 0.5) is 0 Å². The molecule has 1 atom stereocenters. The van der Waals surface area contributed by atoms with E-state index in [1.807, 2.05) is 18.2 Å². The summed E-state index contributed by atoms with van der Waals surface area (Å²) in [4.78, 5) is 22.6. The molecule has 0 spiro atoms. The molecule has 0 radical (unpaired) electrons. The number of halogens is 1. The second-order valence-electron chi connectivity index (χ2n) is 7.17. The molecule has 0 bridgehead atoms. The van der Waals surface area contributed by atoms with Gasteiger partial charge in [0.2, 0.25) is 5.91 Å². The van der Waals surface area contributed by atoms with Gasteiger partial charge in [0, 0.05) is 30.6 Å².